The van der Waals surface area contributed by atoms with Crippen LogP contribution in [0.3, 0.4) is 0 Å². The third-order valence-electron chi connectivity index (χ3n) is 4.56. The van der Waals surface area contributed by atoms with Crippen molar-refractivity contribution in [2.75, 3.05) is 0 Å². The van der Waals surface area contributed by atoms with Crippen LogP contribution in [0.2, 0.25) is 0 Å². The van der Waals surface area contributed by atoms with E-state index in [0.717, 1.165) is 10.1 Å². The molecule has 1 fully saturated rings. The topological polar surface area (TPSA) is 93.6 Å². The molecule has 0 spiro atoms. The molecule has 7 heteroatoms. The van der Waals surface area contributed by atoms with Crippen molar-refractivity contribution in [3.8, 4) is 12.3 Å². The van der Waals surface area contributed by atoms with Crippen LogP contribution in [0.5, 0.6) is 0 Å². The van der Waals surface area contributed by atoms with E-state index in [-0.39, 0.29) is 6.61 Å². The van der Waals surface area contributed by atoms with E-state index in [9.17, 15) is 14.7 Å². The maximum atomic E-state index is 12.1. The van der Waals surface area contributed by atoms with E-state index in [0.29, 0.717) is 6.42 Å². The van der Waals surface area contributed by atoms with Crippen molar-refractivity contribution in [1.29, 1.82) is 0 Å². The summed E-state index contributed by atoms with van der Waals surface area (Å²) in [5, 5.41) is 10.8. The second-order valence-electron chi connectivity index (χ2n) is 6.12. The third kappa shape index (κ3) is 3.22. The molecule has 1 aliphatic rings. The SMILES string of the molecule is C#C[C@]1(CC)O[C@@H](n2ccc(=O)[nH]c2=O)C(O)[C@H]1OCc1ccccc1. The Bertz CT molecular complexity index is 914. The van der Waals surface area contributed by atoms with E-state index < -0.39 is 35.3 Å². The molecule has 1 aromatic carbocycles. The number of terminal acetylenes is 1. The third-order valence-corrected chi connectivity index (χ3v) is 4.56. The zero-order valence-electron chi connectivity index (χ0n) is 14.3. The summed E-state index contributed by atoms with van der Waals surface area (Å²) in [5.41, 5.74) is -1.48. The van der Waals surface area contributed by atoms with Crippen LogP contribution < -0.4 is 11.2 Å². The summed E-state index contributed by atoms with van der Waals surface area (Å²) in [4.78, 5) is 25.5. The van der Waals surface area contributed by atoms with Crippen molar-refractivity contribution >= 4 is 0 Å². The number of aromatic nitrogens is 2. The Hall–Kier alpha value is -2.66. The van der Waals surface area contributed by atoms with Crippen LogP contribution in [0, 0.1) is 12.3 Å². The fourth-order valence-corrected chi connectivity index (χ4v) is 3.12. The molecule has 4 atom stereocenters. The van der Waals surface area contributed by atoms with Gasteiger partial charge >= 0.3 is 5.69 Å². The van der Waals surface area contributed by atoms with Crippen LogP contribution in [-0.2, 0) is 16.1 Å². The summed E-state index contributed by atoms with van der Waals surface area (Å²) in [6.45, 7) is 2.06. The van der Waals surface area contributed by atoms with E-state index in [1.54, 1.807) is 0 Å². The predicted octanol–water partition coefficient (Wildman–Crippen LogP) is 0.794. The van der Waals surface area contributed by atoms with Crippen molar-refractivity contribution in [3.63, 3.8) is 0 Å². The Labute approximate surface area is 150 Å². The molecule has 0 amide bonds. The van der Waals surface area contributed by atoms with Gasteiger partial charge in [-0.05, 0) is 12.0 Å². The number of benzene rings is 1. The molecule has 26 heavy (non-hydrogen) atoms. The summed E-state index contributed by atoms with van der Waals surface area (Å²) in [7, 11) is 0. The zero-order valence-corrected chi connectivity index (χ0v) is 14.3. The minimum atomic E-state index is -1.19. The van der Waals surface area contributed by atoms with Crippen LogP contribution >= 0.6 is 0 Å². The average molecular weight is 356 g/mol. The van der Waals surface area contributed by atoms with Crippen molar-refractivity contribution in [2.45, 2.75) is 44.0 Å². The lowest BCUT2D eigenvalue weighted by Gasteiger charge is -2.28. The van der Waals surface area contributed by atoms with Gasteiger partial charge in [0.2, 0.25) is 0 Å². The second-order valence-corrected chi connectivity index (χ2v) is 6.12. The highest BCUT2D eigenvalue weighted by Gasteiger charge is 2.54. The first kappa shape index (κ1) is 18.1. The fourth-order valence-electron chi connectivity index (χ4n) is 3.12. The van der Waals surface area contributed by atoms with E-state index in [2.05, 4.69) is 10.9 Å². The number of rotatable bonds is 5. The lowest BCUT2D eigenvalue weighted by atomic mass is 9.93. The Balaban J connectivity index is 1.90. The molecule has 0 saturated carbocycles. The molecule has 3 rings (SSSR count). The molecule has 7 nitrogen and oxygen atoms in total. The minimum Gasteiger partial charge on any atom is -0.386 e. The maximum absolute atomic E-state index is 12.1. The summed E-state index contributed by atoms with van der Waals surface area (Å²) in [6.07, 6.45) is 4.27. The normalized spacial score (nSPS) is 28.0. The number of hydrogen-bond donors (Lipinski definition) is 2. The summed E-state index contributed by atoms with van der Waals surface area (Å²) in [6, 6.07) is 10.6. The average Bonchev–Trinajstić information content (AvgIpc) is 2.93. The van der Waals surface area contributed by atoms with Crippen molar-refractivity contribution in [2.24, 2.45) is 0 Å². The van der Waals surface area contributed by atoms with Crippen LogP contribution in [0.15, 0.2) is 52.2 Å². The minimum absolute atomic E-state index is 0.239. The molecule has 136 valence electrons. The van der Waals surface area contributed by atoms with Crippen LogP contribution in [0.25, 0.3) is 0 Å². The number of ether oxygens (including phenoxy) is 2. The molecule has 0 bridgehead atoms. The van der Waals surface area contributed by atoms with Gasteiger partial charge in [0, 0.05) is 12.3 Å². The van der Waals surface area contributed by atoms with E-state index in [1.165, 1.54) is 12.3 Å². The monoisotopic (exact) mass is 356 g/mol. The highest BCUT2D eigenvalue weighted by atomic mass is 16.6. The number of nitrogens with one attached hydrogen (secondary N) is 1. The Morgan fingerprint density at radius 3 is 2.69 bits per heavy atom. The van der Waals surface area contributed by atoms with E-state index >= 15 is 0 Å². The van der Waals surface area contributed by atoms with Crippen LogP contribution in [0.4, 0.5) is 0 Å². The van der Waals surface area contributed by atoms with Gasteiger partial charge in [-0.25, -0.2) is 4.79 Å². The number of aromatic amines is 1. The predicted molar refractivity (Wildman–Crippen MR) is 94.3 cm³/mol. The van der Waals surface area contributed by atoms with Gasteiger partial charge in [0.25, 0.3) is 5.56 Å². The van der Waals surface area contributed by atoms with Gasteiger partial charge in [-0.3, -0.25) is 14.3 Å². The van der Waals surface area contributed by atoms with Gasteiger partial charge in [0.1, 0.15) is 12.2 Å². The van der Waals surface area contributed by atoms with Gasteiger partial charge in [0.15, 0.2) is 11.8 Å². The molecule has 0 radical (unpaired) electrons. The van der Waals surface area contributed by atoms with Crippen molar-refractivity contribution in [3.05, 3.63) is 69.0 Å². The van der Waals surface area contributed by atoms with Crippen LogP contribution in [0.1, 0.15) is 25.1 Å². The maximum Gasteiger partial charge on any atom is 0.330 e. The summed E-state index contributed by atoms with van der Waals surface area (Å²) < 4.78 is 12.9. The van der Waals surface area contributed by atoms with E-state index in [1.807, 2.05) is 37.3 Å². The molecule has 1 saturated heterocycles. The van der Waals surface area contributed by atoms with Crippen LogP contribution in [-0.4, -0.2) is 32.5 Å². The quantitative estimate of drug-likeness (QED) is 0.773. The number of H-pyrrole nitrogens is 1. The summed E-state index contributed by atoms with van der Waals surface area (Å²) in [5.74, 6) is 2.58. The lowest BCUT2D eigenvalue weighted by molar-refractivity contribution is -0.0880. The van der Waals surface area contributed by atoms with Gasteiger partial charge in [-0.1, -0.05) is 43.2 Å². The largest absolute Gasteiger partial charge is 0.386 e. The molecule has 1 unspecified atom stereocenters. The molecule has 0 aliphatic carbocycles. The molecule has 2 heterocycles. The van der Waals surface area contributed by atoms with Crippen molar-refractivity contribution < 1.29 is 14.6 Å². The van der Waals surface area contributed by atoms with Gasteiger partial charge in [0.05, 0.1) is 6.61 Å². The van der Waals surface area contributed by atoms with Crippen molar-refractivity contribution in [1.82, 2.24) is 9.55 Å². The first-order chi connectivity index (χ1) is 12.5. The Morgan fingerprint density at radius 2 is 2.08 bits per heavy atom. The molecular formula is C19H20N2O5. The Kier molecular flexibility index (Phi) is 5.09. The van der Waals surface area contributed by atoms with Gasteiger partial charge in [-0.15, -0.1) is 6.42 Å². The van der Waals surface area contributed by atoms with Gasteiger partial charge in [-0.2, -0.15) is 0 Å². The number of nitrogens with zero attached hydrogens (tertiary/aromatic N) is 1. The number of hydrogen-bond acceptors (Lipinski definition) is 5. The fraction of sp³-hybridized carbons (Fsp3) is 0.368. The number of aliphatic hydroxyl groups excluding tert-OH is 1. The lowest BCUT2D eigenvalue weighted by Crippen LogP contribution is -2.43. The summed E-state index contributed by atoms with van der Waals surface area (Å²) >= 11 is 0. The molecule has 1 aliphatic heterocycles. The molecule has 1 aromatic heterocycles. The first-order valence-corrected chi connectivity index (χ1v) is 8.31. The number of aliphatic hydroxyl groups is 1. The first-order valence-electron chi connectivity index (χ1n) is 8.31. The molecule has 2 N–H and O–H groups in total. The second kappa shape index (κ2) is 7.30. The van der Waals surface area contributed by atoms with Gasteiger partial charge < -0.3 is 14.6 Å². The Morgan fingerprint density at radius 1 is 1.35 bits per heavy atom. The zero-order chi connectivity index (χ0) is 18.7. The molecule has 2 aromatic rings. The molecular weight excluding hydrogens is 336 g/mol. The smallest absolute Gasteiger partial charge is 0.330 e. The van der Waals surface area contributed by atoms with E-state index in [4.69, 9.17) is 15.9 Å². The standard InChI is InChI=1S/C19H20N2O5/c1-3-19(4-2)16(25-12-13-8-6-5-7-9-13)15(23)17(26-19)21-11-10-14(22)20-18(21)24/h1,5-11,15-17,23H,4,12H2,2H3,(H,20,22,24)/t15?,16-,17-,19-/m1/s1. The highest BCUT2D eigenvalue weighted by molar-refractivity contribution is 5.19. The highest BCUT2D eigenvalue weighted by Crippen LogP contribution is 2.40.